The van der Waals surface area contributed by atoms with Gasteiger partial charge in [-0.3, -0.25) is 0 Å². The second kappa shape index (κ2) is 7.21. The lowest BCUT2D eigenvalue weighted by Crippen LogP contribution is -2.42. The molecule has 2 rings (SSSR count). The Balaban J connectivity index is 1.57. The highest BCUT2D eigenvalue weighted by Crippen LogP contribution is 2.52. The molecule has 3 nitrogen and oxygen atoms in total. The fourth-order valence-corrected chi connectivity index (χ4v) is 5.69. The zero-order valence-electron chi connectivity index (χ0n) is 13.3. The number of hydrogen-bond acceptors (Lipinski definition) is 3. The Bertz CT molecular complexity index is 319. The van der Waals surface area contributed by atoms with Crippen LogP contribution in [0.4, 0.5) is 0 Å². The van der Waals surface area contributed by atoms with Crippen molar-refractivity contribution < 1.29 is 13.3 Å². The third-order valence-corrected chi connectivity index (χ3v) is 8.08. The van der Waals surface area contributed by atoms with Gasteiger partial charge in [-0.05, 0) is 43.4 Å². The summed E-state index contributed by atoms with van der Waals surface area (Å²) in [5.41, 5.74) is 0.592. The summed E-state index contributed by atoms with van der Waals surface area (Å²) in [4.78, 5) is 0. The highest BCUT2D eigenvalue weighted by molar-refractivity contribution is 6.60. The van der Waals surface area contributed by atoms with Crippen molar-refractivity contribution in [2.45, 2.75) is 57.4 Å². The Morgan fingerprint density at radius 3 is 2.25 bits per heavy atom. The first-order valence-corrected chi connectivity index (χ1v) is 9.96. The number of hydrogen-bond donors (Lipinski definition) is 0. The van der Waals surface area contributed by atoms with E-state index in [9.17, 15) is 0 Å². The van der Waals surface area contributed by atoms with Gasteiger partial charge in [0, 0.05) is 27.4 Å². The quantitative estimate of drug-likeness (QED) is 0.344. The summed E-state index contributed by atoms with van der Waals surface area (Å²) >= 11 is 0. The highest BCUT2D eigenvalue weighted by atomic mass is 28.4. The standard InChI is InChI=1S/C16H30O3Si/c1-17-20(18-2,19-3)13-7-5-4-6-10-16-11-8-15(14-16)9-12-16/h8,11,15H,4-7,9-10,12-14H2,1-3H3. The van der Waals surface area contributed by atoms with Crippen LogP contribution >= 0.6 is 0 Å². The van der Waals surface area contributed by atoms with Gasteiger partial charge >= 0.3 is 8.80 Å². The first-order chi connectivity index (χ1) is 9.67. The normalized spacial score (nSPS) is 28.4. The zero-order valence-corrected chi connectivity index (χ0v) is 14.3. The maximum Gasteiger partial charge on any atom is 0.500 e. The van der Waals surface area contributed by atoms with E-state index >= 15 is 0 Å². The topological polar surface area (TPSA) is 27.7 Å². The fraction of sp³-hybridized carbons (Fsp3) is 0.875. The van der Waals surface area contributed by atoms with E-state index in [1.807, 2.05) is 0 Å². The van der Waals surface area contributed by atoms with Gasteiger partial charge in [0.1, 0.15) is 0 Å². The minimum atomic E-state index is -2.33. The zero-order chi connectivity index (χ0) is 14.5. The molecule has 0 aromatic carbocycles. The number of fused-ring (bicyclic) bond motifs is 2. The summed E-state index contributed by atoms with van der Waals surface area (Å²) in [6.45, 7) is 0. The van der Waals surface area contributed by atoms with Crippen LogP contribution in [0.5, 0.6) is 0 Å². The summed E-state index contributed by atoms with van der Waals surface area (Å²) in [7, 11) is 2.76. The molecule has 4 heteroatoms. The van der Waals surface area contributed by atoms with Crippen LogP contribution in [-0.4, -0.2) is 30.1 Å². The summed E-state index contributed by atoms with van der Waals surface area (Å²) in [6.07, 6.45) is 15.7. The van der Waals surface area contributed by atoms with Gasteiger partial charge in [-0.25, -0.2) is 0 Å². The minimum absolute atomic E-state index is 0.592. The first-order valence-electron chi connectivity index (χ1n) is 8.02. The van der Waals surface area contributed by atoms with E-state index < -0.39 is 8.80 Å². The third-order valence-electron chi connectivity index (χ3n) is 5.24. The van der Waals surface area contributed by atoms with Gasteiger partial charge in [-0.1, -0.05) is 31.4 Å². The van der Waals surface area contributed by atoms with Crippen molar-refractivity contribution >= 4 is 8.80 Å². The van der Waals surface area contributed by atoms with Gasteiger partial charge in [0.05, 0.1) is 0 Å². The van der Waals surface area contributed by atoms with E-state index in [4.69, 9.17) is 13.3 Å². The number of rotatable bonds is 10. The van der Waals surface area contributed by atoms with Gasteiger partial charge < -0.3 is 13.3 Å². The molecule has 2 aliphatic rings. The van der Waals surface area contributed by atoms with Crippen LogP contribution in [-0.2, 0) is 13.3 Å². The molecule has 0 saturated heterocycles. The first kappa shape index (κ1) is 16.2. The minimum Gasteiger partial charge on any atom is -0.377 e. The van der Waals surface area contributed by atoms with Gasteiger partial charge in [-0.15, -0.1) is 0 Å². The molecule has 0 amide bonds. The highest BCUT2D eigenvalue weighted by Gasteiger charge is 2.40. The molecule has 116 valence electrons. The largest absolute Gasteiger partial charge is 0.500 e. The van der Waals surface area contributed by atoms with Crippen LogP contribution in [0.2, 0.25) is 6.04 Å². The Hall–Kier alpha value is -0.163. The van der Waals surface area contributed by atoms with Gasteiger partial charge in [-0.2, -0.15) is 0 Å². The monoisotopic (exact) mass is 298 g/mol. The molecule has 1 saturated carbocycles. The molecule has 0 aromatic heterocycles. The SMILES string of the molecule is CO[Si](CCCCCCC12C=CC(CC1)C2)(OC)OC. The molecule has 1 fully saturated rings. The molecule has 0 N–H and O–H groups in total. The Morgan fingerprint density at radius 2 is 1.75 bits per heavy atom. The van der Waals surface area contributed by atoms with E-state index in [2.05, 4.69) is 12.2 Å². The molecule has 0 aromatic rings. The Morgan fingerprint density at radius 1 is 1.05 bits per heavy atom. The van der Waals surface area contributed by atoms with Gasteiger partial charge in [0.25, 0.3) is 0 Å². The smallest absolute Gasteiger partial charge is 0.377 e. The van der Waals surface area contributed by atoms with Crippen LogP contribution in [0.15, 0.2) is 12.2 Å². The molecule has 0 aliphatic heterocycles. The molecule has 2 atom stereocenters. The molecule has 0 heterocycles. The van der Waals surface area contributed by atoms with Crippen molar-refractivity contribution in [3.8, 4) is 0 Å². The maximum absolute atomic E-state index is 5.45. The molecule has 0 radical (unpaired) electrons. The van der Waals surface area contributed by atoms with Crippen LogP contribution in [0.3, 0.4) is 0 Å². The van der Waals surface area contributed by atoms with Crippen LogP contribution in [0.1, 0.15) is 51.4 Å². The van der Waals surface area contributed by atoms with E-state index in [-0.39, 0.29) is 0 Å². The van der Waals surface area contributed by atoms with E-state index in [1.54, 1.807) is 21.3 Å². The second-order valence-electron chi connectivity index (χ2n) is 6.43. The van der Waals surface area contributed by atoms with Crippen molar-refractivity contribution in [1.82, 2.24) is 0 Å². The Kier molecular flexibility index (Phi) is 5.84. The lowest BCUT2D eigenvalue weighted by molar-refractivity contribution is 0.122. The van der Waals surface area contributed by atoms with Crippen LogP contribution in [0, 0.1) is 11.3 Å². The van der Waals surface area contributed by atoms with Crippen molar-refractivity contribution in [1.29, 1.82) is 0 Å². The average Bonchev–Trinajstić information content (AvgIpc) is 3.08. The van der Waals surface area contributed by atoms with Gasteiger partial charge in [0.15, 0.2) is 0 Å². The number of unbranched alkanes of at least 4 members (excludes halogenated alkanes) is 3. The third kappa shape index (κ3) is 3.73. The predicted octanol–water partition coefficient (Wildman–Crippen LogP) is 4.17. The second-order valence-corrected chi connectivity index (χ2v) is 9.52. The molecular formula is C16H30O3Si. The van der Waals surface area contributed by atoms with E-state index in [0.29, 0.717) is 5.41 Å². The van der Waals surface area contributed by atoms with Crippen LogP contribution < -0.4 is 0 Å². The molecular weight excluding hydrogens is 268 g/mol. The summed E-state index contributed by atoms with van der Waals surface area (Å²) < 4.78 is 16.3. The fourth-order valence-electron chi connectivity index (χ4n) is 3.89. The number of allylic oxidation sites excluding steroid dienone is 2. The Labute approximate surface area is 125 Å². The molecule has 2 aliphatic carbocycles. The van der Waals surface area contributed by atoms with Crippen molar-refractivity contribution in [3.05, 3.63) is 12.2 Å². The summed E-state index contributed by atoms with van der Waals surface area (Å²) in [5, 5.41) is 0. The van der Waals surface area contributed by atoms with Crippen molar-refractivity contribution in [2.75, 3.05) is 21.3 Å². The summed E-state index contributed by atoms with van der Waals surface area (Å²) in [5.74, 6) is 0.909. The maximum atomic E-state index is 5.45. The molecule has 20 heavy (non-hydrogen) atoms. The van der Waals surface area contributed by atoms with Crippen LogP contribution in [0.25, 0.3) is 0 Å². The lowest BCUT2D eigenvalue weighted by Gasteiger charge is -2.25. The summed E-state index contributed by atoms with van der Waals surface area (Å²) in [6, 6.07) is 0.934. The molecule has 2 unspecified atom stereocenters. The van der Waals surface area contributed by atoms with E-state index in [1.165, 1.54) is 44.9 Å². The predicted molar refractivity (Wildman–Crippen MR) is 83.6 cm³/mol. The molecule has 2 bridgehead atoms. The molecule has 0 spiro atoms. The average molecular weight is 298 g/mol. The van der Waals surface area contributed by atoms with Crippen molar-refractivity contribution in [3.63, 3.8) is 0 Å². The van der Waals surface area contributed by atoms with Gasteiger partial charge in [0.2, 0.25) is 0 Å². The van der Waals surface area contributed by atoms with Crippen molar-refractivity contribution in [2.24, 2.45) is 11.3 Å². The van der Waals surface area contributed by atoms with E-state index in [0.717, 1.165) is 18.4 Å². The lowest BCUT2D eigenvalue weighted by atomic mass is 9.82.